The predicted molar refractivity (Wildman–Crippen MR) is 74.4 cm³/mol. The lowest BCUT2D eigenvalue weighted by Gasteiger charge is -2.20. The lowest BCUT2D eigenvalue weighted by Crippen LogP contribution is -2.31. The van der Waals surface area contributed by atoms with Crippen LogP contribution in [0.1, 0.15) is 19.4 Å². The van der Waals surface area contributed by atoms with Gasteiger partial charge < -0.3 is 9.47 Å². The van der Waals surface area contributed by atoms with Crippen LogP contribution in [-0.2, 0) is 10.0 Å². The molecule has 0 aliphatic rings. The highest BCUT2D eigenvalue weighted by atomic mass is 32.2. The molecule has 0 aliphatic carbocycles. The van der Waals surface area contributed by atoms with Crippen LogP contribution in [0, 0.1) is 6.92 Å². The maximum absolute atomic E-state index is 12.5. The van der Waals surface area contributed by atoms with Crippen molar-refractivity contribution < 1.29 is 17.9 Å². The number of ether oxygens (including phenoxy) is 2. The minimum absolute atomic E-state index is 0.258. The molecule has 1 aromatic rings. The van der Waals surface area contributed by atoms with Crippen LogP contribution in [0.4, 0.5) is 0 Å². The lowest BCUT2D eigenvalue weighted by molar-refractivity contribution is 0.353. The topological polar surface area (TPSA) is 55.8 Å². The molecule has 1 rings (SSSR count). The highest BCUT2D eigenvalue weighted by molar-refractivity contribution is 7.89. The van der Waals surface area contributed by atoms with E-state index >= 15 is 0 Å². The summed E-state index contributed by atoms with van der Waals surface area (Å²) in [4.78, 5) is 0.258. The number of sulfonamides is 1. The van der Waals surface area contributed by atoms with E-state index in [-0.39, 0.29) is 4.90 Å². The number of rotatable bonds is 6. The SMILES string of the molecule is CCN(CC)S(=O)(=O)c1cc(OC)c(OC)cc1C. The first kappa shape index (κ1) is 15.8. The van der Waals surface area contributed by atoms with Gasteiger partial charge in [0.1, 0.15) is 0 Å². The molecule has 0 atom stereocenters. The highest BCUT2D eigenvalue weighted by Gasteiger charge is 2.25. The van der Waals surface area contributed by atoms with E-state index in [4.69, 9.17) is 9.47 Å². The summed E-state index contributed by atoms with van der Waals surface area (Å²) < 4.78 is 36.8. The number of hydrogen-bond donors (Lipinski definition) is 0. The van der Waals surface area contributed by atoms with E-state index < -0.39 is 10.0 Å². The fourth-order valence-electron chi connectivity index (χ4n) is 1.94. The molecule has 0 saturated carbocycles. The van der Waals surface area contributed by atoms with Crippen molar-refractivity contribution in [3.05, 3.63) is 17.7 Å². The van der Waals surface area contributed by atoms with E-state index in [9.17, 15) is 8.42 Å². The first-order chi connectivity index (χ1) is 8.92. The fraction of sp³-hybridized carbons (Fsp3) is 0.538. The Balaban J connectivity index is 3.43. The summed E-state index contributed by atoms with van der Waals surface area (Å²) in [6, 6.07) is 3.19. The Bertz CT molecular complexity index is 536. The maximum Gasteiger partial charge on any atom is 0.243 e. The molecule has 6 heteroatoms. The standard InChI is InChI=1S/C13H21NO4S/c1-6-14(7-2)19(15,16)13-9-12(18-5)11(17-4)8-10(13)3/h8-9H,6-7H2,1-5H3. The van der Waals surface area contributed by atoms with E-state index in [0.717, 1.165) is 0 Å². The monoisotopic (exact) mass is 287 g/mol. The average Bonchev–Trinajstić information content (AvgIpc) is 2.39. The Morgan fingerprint density at radius 2 is 1.53 bits per heavy atom. The molecule has 0 aromatic heterocycles. The van der Waals surface area contributed by atoms with Crippen molar-refractivity contribution >= 4 is 10.0 Å². The Kier molecular flexibility index (Phi) is 5.20. The molecule has 5 nitrogen and oxygen atoms in total. The Morgan fingerprint density at radius 1 is 1.05 bits per heavy atom. The van der Waals surface area contributed by atoms with Crippen LogP contribution >= 0.6 is 0 Å². The van der Waals surface area contributed by atoms with Gasteiger partial charge in [-0.3, -0.25) is 0 Å². The maximum atomic E-state index is 12.5. The lowest BCUT2D eigenvalue weighted by atomic mass is 10.2. The van der Waals surface area contributed by atoms with Crippen molar-refractivity contribution in [3.8, 4) is 11.5 Å². The van der Waals surface area contributed by atoms with Crippen molar-refractivity contribution in [2.24, 2.45) is 0 Å². The Labute approximate surface area is 115 Å². The summed E-state index contributed by atoms with van der Waals surface area (Å²) in [5.74, 6) is 0.942. The molecule has 0 radical (unpaired) electrons. The first-order valence-corrected chi connectivity index (χ1v) is 7.59. The van der Waals surface area contributed by atoms with Crippen molar-refractivity contribution in [3.63, 3.8) is 0 Å². The molecule has 0 aliphatic heterocycles. The third kappa shape index (κ3) is 3.01. The Morgan fingerprint density at radius 3 is 1.95 bits per heavy atom. The summed E-state index contributed by atoms with van der Waals surface area (Å²) >= 11 is 0. The molecule has 19 heavy (non-hydrogen) atoms. The summed E-state index contributed by atoms with van der Waals surface area (Å²) in [7, 11) is -0.481. The van der Waals surface area contributed by atoms with Gasteiger partial charge in [0, 0.05) is 19.2 Å². The first-order valence-electron chi connectivity index (χ1n) is 6.15. The van der Waals surface area contributed by atoms with Crippen molar-refractivity contribution in [1.82, 2.24) is 4.31 Å². The number of hydrogen-bond acceptors (Lipinski definition) is 4. The quantitative estimate of drug-likeness (QED) is 0.803. The summed E-state index contributed by atoms with van der Waals surface area (Å²) in [5, 5.41) is 0. The molecule has 0 bridgehead atoms. The number of benzene rings is 1. The second-order valence-corrected chi connectivity index (χ2v) is 5.97. The molecule has 0 fully saturated rings. The van der Waals surface area contributed by atoms with Gasteiger partial charge in [0.2, 0.25) is 10.0 Å². The second-order valence-electron chi connectivity index (χ2n) is 4.06. The summed E-state index contributed by atoms with van der Waals surface area (Å²) in [6.45, 7) is 6.26. The van der Waals surface area contributed by atoms with Crippen LogP contribution in [0.3, 0.4) is 0 Å². The molecule has 0 saturated heterocycles. The second kappa shape index (κ2) is 6.25. The average molecular weight is 287 g/mol. The molecule has 0 spiro atoms. The van der Waals surface area contributed by atoms with Gasteiger partial charge in [0.25, 0.3) is 0 Å². The molecular formula is C13H21NO4S. The third-order valence-electron chi connectivity index (χ3n) is 3.00. The van der Waals surface area contributed by atoms with Crippen LogP contribution < -0.4 is 9.47 Å². The van der Waals surface area contributed by atoms with Crippen LogP contribution in [0.5, 0.6) is 11.5 Å². The Hall–Kier alpha value is -1.27. The van der Waals surface area contributed by atoms with E-state index in [1.165, 1.54) is 24.6 Å². The van der Waals surface area contributed by atoms with Gasteiger partial charge in [-0.1, -0.05) is 13.8 Å². The fourth-order valence-corrected chi connectivity index (χ4v) is 3.62. The van der Waals surface area contributed by atoms with E-state index in [2.05, 4.69) is 0 Å². The van der Waals surface area contributed by atoms with Gasteiger partial charge >= 0.3 is 0 Å². The molecule has 0 amide bonds. The zero-order chi connectivity index (χ0) is 14.6. The van der Waals surface area contributed by atoms with Crippen LogP contribution in [0.2, 0.25) is 0 Å². The van der Waals surface area contributed by atoms with Crippen LogP contribution in [0.25, 0.3) is 0 Å². The van der Waals surface area contributed by atoms with Crippen molar-refractivity contribution in [1.29, 1.82) is 0 Å². The zero-order valence-electron chi connectivity index (χ0n) is 12.1. The number of aryl methyl sites for hydroxylation is 1. The third-order valence-corrected chi connectivity index (χ3v) is 5.20. The smallest absolute Gasteiger partial charge is 0.243 e. The van der Waals surface area contributed by atoms with E-state index in [1.54, 1.807) is 13.0 Å². The van der Waals surface area contributed by atoms with E-state index in [1.807, 2.05) is 13.8 Å². The summed E-state index contributed by atoms with van der Waals surface area (Å²) in [6.07, 6.45) is 0. The van der Waals surface area contributed by atoms with Gasteiger partial charge in [-0.05, 0) is 18.6 Å². The van der Waals surface area contributed by atoms with Crippen molar-refractivity contribution in [2.75, 3.05) is 27.3 Å². The van der Waals surface area contributed by atoms with E-state index in [0.29, 0.717) is 30.2 Å². The molecule has 0 heterocycles. The van der Waals surface area contributed by atoms with Gasteiger partial charge in [0.15, 0.2) is 11.5 Å². The molecule has 0 N–H and O–H groups in total. The molecule has 1 aromatic carbocycles. The minimum atomic E-state index is -3.49. The number of methoxy groups -OCH3 is 2. The summed E-state index contributed by atoms with van der Waals surface area (Å²) in [5.41, 5.74) is 0.643. The molecule has 108 valence electrons. The predicted octanol–water partition coefficient (Wildman–Crippen LogP) is 2.04. The zero-order valence-corrected chi connectivity index (χ0v) is 12.9. The van der Waals surface area contributed by atoms with Gasteiger partial charge in [0.05, 0.1) is 19.1 Å². The minimum Gasteiger partial charge on any atom is -0.493 e. The van der Waals surface area contributed by atoms with Gasteiger partial charge in [-0.15, -0.1) is 0 Å². The van der Waals surface area contributed by atoms with Gasteiger partial charge in [-0.2, -0.15) is 4.31 Å². The van der Waals surface area contributed by atoms with Crippen LogP contribution in [0.15, 0.2) is 17.0 Å². The molecule has 0 unspecified atom stereocenters. The molecular weight excluding hydrogens is 266 g/mol. The largest absolute Gasteiger partial charge is 0.493 e. The normalized spacial score (nSPS) is 11.7. The number of nitrogens with zero attached hydrogens (tertiary/aromatic N) is 1. The van der Waals surface area contributed by atoms with Gasteiger partial charge in [-0.25, -0.2) is 8.42 Å². The van der Waals surface area contributed by atoms with Crippen molar-refractivity contribution in [2.45, 2.75) is 25.7 Å². The highest BCUT2D eigenvalue weighted by Crippen LogP contribution is 2.33. The van der Waals surface area contributed by atoms with Crippen LogP contribution in [-0.4, -0.2) is 40.0 Å².